The molecule has 2 rings (SSSR count). The molecular weight excluding hydrogens is 222 g/mol. The number of aromatic nitrogens is 1. The van der Waals surface area contributed by atoms with E-state index in [1.165, 1.54) is 11.1 Å². The van der Waals surface area contributed by atoms with Crippen molar-refractivity contribution in [2.75, 3.05) is 0 Å². The van der Waals surface area contributed by atoms with Crippen LogP contribution in [0.2, 0.25) is 0 Å². The lowest BCUT2D eigenvalue weighted by atomic mass is 9.77. The van der Waals surface area contributed by atoms with Gasteiger partial charge in [0.15, 0.2) is 0 Å². The molecule has 0 amide bonds. The lowest BCUT2D eigenvalue weighted by Gasteiger charge is -2.26. The summed E-state index contributed by atoms with van der Waals surface area (Å²) in [4.78, 5) is 13.7. The van der Waals surface area contributed by atoms with Gasteiger partial charge in [-0.25, -0.2) is 0 Å². The Labute approximate surface area is 108 Å². The van der Waals surface area contributed by atoms with E-state index in [0.717, 1.165) is 5.56 Å². The van der Waals surface area contributed by atoms with Gasteiger partial charge in [0.25, 0.3) is 0 Å². The number of pyridine rings is 1. The summed E-state index contributed by atoms with van der Waals surface area (Å²) in [7, 11) is 0. The second kappa shape index (κ2) is 4.81. The quantitative estimate of drug-likeness (QED) is 0.878. The molecule has 0 saturated carbocycles. The fourth-order valence-corrected chi connectivity index (χ4v) is 2.30. The topological polar surface area (TPSA) is 32.9 Å². The Bertz CT molecular complexity index is 576. The van der Waals surface area contributed by atoms with Crippen molar-refractivity contribution in [2.24, 2.45) is 0 Å². The van der Waals surface area contributed by atoms with Crippen LogP contribution < -0.4 is 5.56 Å². The fraction of sp³-hybridized carbons (Fsp3) is 0.250. The van der Waals surface area contributed by atoms with Gasteiger partial charge in [0.05, 0.1) is 0 Å². The first-order chi connectivity index (χ1) is 8.49. The molecule has 0 saturated heterocycles. The van der Waals surface area contributed by atoms with Crippen molar-refractivity contribution in [1.29, 1.82) is 0 Å². The highest BCUT2D eigenvalue weighted by molar-refractivity contribution is 5.38. The molecule has 2 aromatic rings. The summed E-state index contributed by atoms with van der Waals surface area (Å²) in [6.07, 6.45) is 3.92. The molecule has 0 unspecified atom stereocenters. The smallest absolute Gasteiger partial charge is 0.247 e. The SMILES string of the molecule is Cc1ccccc1C(C)(C)[CH]c1ccc(=O)[nH]c1. The molecule has 1 radical (unpaired) electrons. The average Bonchev–Trinajstić information content (AvgIpc) is 2.32. The van der Waals surface area contributed by atoms with Gasteiger partial charge in [-0.1, -0.05) is 44.2 Å². The average molecular weight is 240 g/mol. The molecular formula is C16H18NO. The van der Waals surface area contributed by atoms with Gasteiger partial charge in [-0.05, 0) is 29.0 Å². The third kappa shape index (κ3) is 2.70. The monoisotopic (exact) mass is 240 g/mol. The van der Waals surface area contributed by atoms with Gasteiger partial charge in [-0.2, -0.15) is 0 Å². The molecule has 2 nitrogen and oxygen atoms in total. The van der Waals surface area contributed by atoms with E-state index in [4.69, 9.17) is 0 Å². The fourth-order valence-electron chi connectivity index (χ4n) is 2.30. The maximum atomic E-state index is 11.0. The maximum absolute atomic E-state index is 11.0. The summed E-state index contributed by atoms with van der Waals surface area (Å²) < 4.78 is 0. The predicted octanol–water partition coefficient (Wildman–Crippen LogP) is 3.21. The van der Waals surface area contributed by atoms with Crippen LogP contribution in [0, 0.1) is 13.3 Å². The number of aryl methyl sites for hydroxylation is 1. The van der Waals surface area contributed by atoms with Crippen molar-refractivity contribution < 1.29 is 0 Å². The van der Waals surface area contributed by atoms with Gasteiger partial charge in [0.1, 0.15) is 0 Å². The molecule has 18 heavy (non-hydrogen) atoms. The molecule has 0 bridgehead atoms. The number of nitrogens with one attached hydrogen (secondary N) is 1. The zero-order valence-electron chi connectivity index (χ0n) is 11.0. The molecule has 0 atom stereocenters. The first kappa shape index (κ1) is 12.6. The summed E-state index contributed by atoms with van der Waals surface area (Å²) in [5, 5.41) is 0. The molecule has 0 fully saturated rings. The van der Waals surface area contributed by atoms with Crippen molar-refractivity contribution in [1.82, 2.24) is 4.98 Å². The first-order valence-electron chi connectivity index (χ1n) is 6.10. The van der Waals surface area contributed by atoms with Crippen LogP contribution in [-0.4, -0.2) is 4.98 Å². The number of hydrogen-bond donors (Lipinski definition) is 1. The van der Waals surface area contributed by atoms with Crippen LogP contribution in [0.5, 0.6) is 0 Å². The molecule has 0 spiro atoms. The molecule has 0 aliphatic carbocycles. The Balaban J connectivity index is 2.29. The summed E-state index contributed by atoms with van der Waals surface area (Å²) >= 11 is 0. The zero-order chi connectivity index (χ0) is 13.2. The summed E-state index contributed by atoms with van der Waals surface area (Å²) in [6.45, 7) is 6.48. The Morgan fingerprint density at radius 3 is 2.44 bits per heavy atom. The van der Waals surface area contributed by atoms with E-state index in [-0.39, 0.29) is 11.0 Å². The van der Waals surface area contributed by atoms with Crippen LogP contribution in [0.4, 0.5) is 0 Å². The number of aromatic amines is 1. The second-order valence-electron chi connectivity index (χ2n) is 5.17. The number of benzene rings is 1. The molecule has 1 aromatic carbocycles. The highest BCUT2D eigenvalue weighted by Gasteiger charge is 2.23. The number of hydrogen-bond acceptors (Lipinski definition) is 1. The molecule has 0 aliphatic heterocycles. The lowest BCUT2D eigenvalue weighted by molar-refractivity contribution is 0.621. The maximum Gasteiger partial charge on any atom is 0.247 e. The number of rotatable bonds is 3. The van der Waals surface area contributed by atoms with Crippen LogP contribution in [0.1, 0.15) is 30.5 Å². The van der Waals surface area contributed by atoms with Crippen molar-refractivity contribution in [3.63, 3.8) is 0 Å². The summed E-state index contributed by atoms with van der Waals surface area (Å²) in [5.74, 6) is 0. The zero-order valence-corrected chi connectivity index (χ0v) is 11.0. The van der Waals surface area contributed by atoms with E-state index in [1.807, 2.05) is 6.07 Å². The minimum atomic E-state index is -0.0687. The second-order valence-corrected chi connectivity index (χ2v) is 5.17. The molecule has 93 valence electrons. The van der Waals surface area contributed by atoms with Crippen molar-refractivity contribution in [2.45, 2.75) is 26.2 Å². The Kier molecular flexibility index (Phi) is 3.37. The molecule has 1 heterocycles. The molecule has 1 N–H and O–H groups in total. The van der Waals surface area contributed by atoms with Gasteiger partial charge in [-0.15, -0.1) is 0 Å². The third-order valence-corrected chi connectivity index (χ3v) is 3.18. The van der Waals surface area contributed by atoms with E-state index in [2.05, 4.69) is 56.4 Å². The van der Waals surface area contributed by atoms with Gasteiger partial charge < -0.3 is 4.98 Å². The van der Waals surface area contributed by atoms with Crippen LogP contribution in [0.3, 0.4) is 0 Å². The Morgan fingerprint density at radius 2 is 1.83 bits per heavy atom. The Morgan fingerprint density at radius 1 is 1.11 bits per heavy atom. The highest BCUT2D eigenvalue weighted by atomic mass is 16.1. The van der Waals surface area contributed by atoms with Crippen LogP contribution in [0.25, 0.3) is 0 Å². The van der Waals surface area contributed by atoms with Gasteiger partial charge in [-0.3, -0.25) is 4.79 Å². The molecule has 2 heteroatoms. The summed E-state index contributed by atoms with van der Waals surface area (Å²) in [6, 6.07) is 11.8. The normalized spacial score (nSPS) is 11.5. The van der Waals surface area contributed by atoms with Gasteiger partial charge >= 0.3 is 0 Å². The van der Waals surface area contributed by atoms with Crippen LogP contribution in [0.15, 0.2) is 47.4 Å². The molecule has 0 aliphatic rings. The largest absolute Gasteiger partial charge is 0.329 e. The van der Waals surface area contributed by atoms with Crippen molar-refractivity contribution in [3.05, 3.63) is 76.1 Å². The highest BCUT2D eigenvalue weighted by Crippen LogP contribution is 2.31. The van der Waals surface area contributed by atoms with E-state index < -0.39 is 0 Å². The third-order valence-electron chi connectivity index (χ3n) is 3.18. The number of H-pyrrole nitrogens is 1. The standard InChI is InChI=1S/C16H18NO/c1-12-6-4-5-7-14(12)16(2,3)10-13-8-9-15(18)17-11-13/h4-11H,1-3H3,(H,17,18). The van der Waals surface area contributed by atoms with Crippen LogP contribution in [-0.2, 0) is 5.41 Å². The van der Waals surface area contributed by atoms with E-state index >= 15 is 0 Å². The van der Waals surface area contributed by atoms with Crippen molar-refractivity contribution >= 4 is 0 Å². The van der Waals surface area contributed by atoms with E-state index in [0.29, 0.717) is 0 Å². The minimum Gasteiger partial charge on any atom is -0.329 e. The molecule has 1 aromatic heterocycles. The predicted molar refractivity (Wildman–Crippen MR) is 74.7 cm³/mol. The minimum absolute atomic E-state index is 0.0659. The van der Waals surface area contributed by atoms with Crippen molar-refractivity contribution in [3.8, 4) is 0 Å². The van der Waals surface area contributed by atoms with Gasteiger partial charge in [0, 0.05) is 18.7 Å². The summed E-state index contributed by atoms with van der Waals surface area (Å²) in [5.41, 5.74) is 3.48. The lowest BCUT2D eigenvalue weighted by Crippen LogP contribution is -2.20. The van der Waals surface area contributed by atoms with Crippen LogP contribution >= 0.6 is 0 Å². The first-order valence-corrected chi connectivity index (χ1v) is 6.10. The van der Waals surface area contributed by atoms with E-state index in [1.54, 1.807) is 12.3 Å². The Hall–Kier alpha value is -1.83. The van der Waals surface area contributed by atoms with E-state index in [9.17, 15) is 4.79 Å². The van der Waals surface area contributed by atoms with Gasteiger partial charge in [0.2, 0.25) is 5.56 Å².